The van der Waals surface area contributed by atoms with Crippen molar-refractivity contribution in [3.8, 4) is 0 Å². The summed E-state index contributed by atoms with van der Waals surface area (Å²) in [7, 11) is 1.25. The Hall–Kier alpha value is -2.69. The highest BCUT2D eigenvalue weighted by Gasteiger charge is 2.26. The molecule has 1 atom stereocenters. The summed E-state index contributed by atoms with van der Waals surface area (Å²) in [4.78, 5) is 39.0. The molecule has 0 spiro atoms. The first kappa shape index (κ1) is 15.7. The van der Waals surface area contributed by atoms with Crippen molar-refractivity contribution in [1.82, 2.24) is 4.98 Å². The molecule has 1 aromatic heterocycles. The maximum absolute atomic E-state index is 12.2. The maximum atomic E-state index is 12.2. The van der Waals surface area contributed by atoms with E-state index in [0.717, 1.165) is 0 Å². The lowest BCUT2D eigenvalue weighted by Crippen LogP contribution is -2.23. The van der Waals surface area contributed by atoms with E-state index in [2.05, 4.69) is 4.98 Å². The van der Waals surface area contributed by atoms with Crippen molar-refractivity contribution in [2.45, 2.75) is 12.8 Å². The predicted octanol–water partition coefficient (Wildman–Crippen LogP) is 2.65. The van der Waals surface area contributed by atoms with Gasteiger partial charge in [-0.25, -0.2) is 0 Å². The standard InChI is InChI=1S/C17H17NO4/c1-22-17(21)14(10-16(20)13-7-8-18-11-13)9-15(19)12-5-3-2-4-6-12/h2-8,11,14,18H,9-10H2,1H3. The van der Waals surface area contributed by atoms with E-state index >= 15 is 0 Å². The number of carbonyl (C=O) groups excluding carboxylic acids is 3. The number of aromatic amines is 1. The van der Waals surface area contributed by atoms with Gasteiger partial charge in [-0.05, 0) is 6.07 Å². The number of Topliss-reactive ketones (excluding diaryl/α,β-unsaturated/α-hetero) is 2. The van der Waals surface area contributed by atoms with Crippen LogP contribution in [-0.4, -0.2) is 29.6 Å². The Bertz CT molecular complexity index is 647. The van der Waals surface area contributed by atoms with Gasteiger partial charge in [0, 0.05) is 36.4 Å². The lowest BCUT2D eigenvalue weighted by molar-refractivity contribution is -0.145. The van der Waals surface area contributed by atoms with Crippen molar-refractivity contribution in [2.24, 2.45) is 5.92 Å². The van der Waals surface area contributed by atoms with Gasteiger partial charge in [-0.3, -0.25) is 14.4 Å². The lowest BCUT2D eigenvalue weighted by atomic mass is 9.92. The second-order valence-corrected chi connectivity index (χ2v) is 4.94. The molecule has 114 valence electrons. The number of esters is 1. The Morgan fingerprint density at radius 3 is 2.18 bits per heavy atom. The van der Waals surface area contributed by atoms with Crippen LogP contribution in [0, 0.1) is 5.92 Å². The molecule has 0 aliphatic carbocycles. The summed E-state index contributed by atoms with van der Waals surface area (Å²) in [6.45, 7) is 0. The highest BCUT2D eigenvalue weighted by atomic mass is 16.5. The molecule has 0 fully saturated rings. The van der Waals surface area contributed by atoms with E-state index < -0.39 is 11.9 Å². The largest absolute Gasteiger partial charge is 0.469 e. The van der Waals surface area contributed by atoms with E-state index in [0.29, 0.717) is 11.1 Å². The number of nitrogens with one attached hydrogen (secondary N) is 1. The maximum Gasteiger partial charge on any atom is 0.309 e. The second kappa shape index (κ2) is 7.36. The van der Waals surface area contributed by atoms with Crippen LogP contribution in [0.3, 0.4) is 0 Å². The number of methoxy groups -OCH3 is 1. The van der Waals surface area contributed by atoms with Crippen molar-refractivity contribution in [3.05, 3.63) is 59.9 Å². The molecule has 1 unspecified atom stereocenters. The lowest BCUT2D eigenvalue weighted by Gasteiger charge is -2.13. The quantitative estimate of drug-likeness (QED) is 0.630. The predicted molar refractivity (Wildman–Crippen MR) is 80.6 cm³/mol. The average molecular weight is 299 g/mol. The minimum Gasteiger partial charge on any atom is -0.469 e. The van der Waals surface area contributed by atoms with Gasteiger partial charge in [-0.1, -0.05) is 30.3 Å². The third kappa shape index (κ3) is 3.91. The molecule has 0 aliphatic rings. The minimum atomic E-state index is -0.778. The molecular weight excluding hydrogens is 282 g/mol. The Balaban J connectivity index is 2.08. The summed E-state index contributed by atoms with van der Waals surface area (Å²) in [5.41, 5.74) is 1.01. The van der Waals surface area contributed by atoms with Crippen molar-refractivity contribution >= 4 is 17.5 Å². The molecule has 0 saturated heterocycles. The zero-order valence-corrected chi connectivity index (χ0v) is 12.2. The van der Waals surface area contributed by atoms with Gasteiger partial charge in [0.1, 0.15) is 0 Å². The molecule has 0 amide bonds. The van der Waals surface area contributed by atoms with Crippen LogP contribution in [0.1, 0.15) is 33.6 Å². The zero-order chi connectivity index (χ0) is 15.9. The number of rotatable bonds is 7. The van der Waals surface area contributed by atoms with E-state index in [1.54, 1.807) is 42.7 Å². The van der Waals surface area contributed by atoms with Gasteiger partial charge in [-0.2, -0.15) is 0 Å². The molecule has 5 nitrogen and oxygen atoms in total. The van der Waals surface area contributed by atoms with E-state index in [4.69, 9.17) is 4.74 Å². The minimum absolute atomic E-state index is 0.0488. The van der Waals surface area contributed by atoms with Gasteiger partial charge < -0.3 is 9.72 Å². The van der Waals surface area contributed by atoms with Crippen molar-refractivity contribution < 1.29 is 19.1 Å². The number of aromatic nitrogens is 1. The molecule has 0 radical (unpaired) electrons. The van der Waals surface area contributed by atoms with Crippen molar-refractivity contribution in [3.63, 3.8) is 0 Å². The van der Waals surface area contributed by atoms with Crippen LogP contribution < -0.4 is 0 Å². The van der Waals surface area contributed by atoms with Gasteiger partial charge in [0.15, 0.2) is 11.6 Å². The van der Waals surface area contributed by atoms with Crippen LogP contribution >= 0.6 is 0 Å². The zero-order valence-electron chi connectivity index (χ0n) is 12.2. The van der Waals surface area contributed by atoms with Crippen LogP contribution in [0.2, 0.25) is 0 Å². The molecule has 1 aromatic carbocycles. The topological polar surface area (TPSA) is 76.2 Å². The first-order chi connectivity index (χ1) is 10.6. The number of ether oxygens (including phenoxy) is 1. The summed E-state index contributed by atoms with van der Waals surface area (Å²) >= 11 is 0. The SMILES string of the molecule is COC(=O)C(CC(=O)c1ccccc1)CC(=O)c1cc[nH]c1. The fourth-order valence-corrected chi connectivity index (χ4v) is 2.21. The fraction of sp³-hybridized carbons (Fsp3) is 0.235. The molecular formula is C17H17NO4. The number of hydrogen-bond donors (Lipinski definition) is 1. The number of benzene rings is 1. The van der Waals surface area contributed by atoms with Gasteiger partial charge >= 0.3 is 5.97 Å². The number of ketones is 2. The van der Waals surface area contributed by atoms with E-state index in [1.165, 1.54) is 7.11 Å². The van der Waals surface area contributed by atoms with E-state index in [9.17, 15) is 14.4 Å². The average Bonchev–Trinajstić information content (AvgIpc) is 3.08. The van der Waals surface area contributed by atoms with Crippen molar-refractivity contribution in [1.29, 1.82) is 0 Å². The van der Waals surface area contributed by atoms with Gasteiger partial charge in [0.2, 0.25) is 0 Å². The Morgan fingerprint density at radius 2 is 1.64 bits per heavy atom. The molecule has 1 N–H and O–H groups in total. The third-order valence-corrected chi connectivity index (χ3v) is 3.41. The normalized spacial score (nSPS) is 11.7. The molecule has 1 heterocycles. The van der Waals surface area contributed by atoms with Gasteiger partial charge in [0.05, 0.1) is 13.0 Å². The van der Waals surface area contributed by atoms with Crippen LogP contribution in [0.4, 0.5) is 0 Å². The summed E-state index contributed by atoms with van der Waals surface area (Å²) in [5.74, 6) is -1.70. The smallest absolute Gasteiger partial charge is 0.309 e. The molecule has 22 heavy (non-hydrogen) atoms. The van der Waals surface area contributed by atoms with Crippen LogP contribution in [0.15, 0.2) is 48.8 Å². The van der Waals surface area contributed by atoms with E-state index in [1.807, 2.05) is 6.07 Å². The van der Waals surface area contributed by atoms with Crippen molar-refractivity contribution in [2.75, 3.05) is 7.11 Å². The highest BCUT2D eigenvalue weighted by molar-refractivity contribution is 6.01. The van der Waals surface area contributed by atoms with Crippen LogP contribution in [-0.2, 0) is 9.53 Å². The summed E-state index contributed by atoms with van der Waals surface area (Å²) in [5, 5.41) is 0. The van der Waals surface area contributed by atoms with Gasteiger partial charge in [-0.15, -0.1) is 0 Å². The number of H-pyrrole nitrogens is 1. The molecule has 0 saturated carbocycles. The van der Waals surface area contributed by atoms with E-state index in [-0.39, 0.29) is 24.4 Å². The second-order valence-electron chi connectivity index (χ2n) is 4.94. The molecule has 5 heteroatoms. The summed E-state index contributed by atoms with van der Waals surface area (Å²) in [6.07, 6.45) is 3.10. The summed E-state index contributed by atoms with van der Waals surface area (Å²) in [6, 6.07) is 10.3. The molecule has 2 rings (SSSR count). The first-order valence-corrected chi connectivity index (χ1v) is 6.94. The van der Waals surface area contributed by atoms with Gasteiger partial charge in [0.25, 0.3) is 0 Å². The first-order valence-electron chi connectivity index (χ1n) is 6.94. The number of carbonyl (C=O) groups is 3. The Labute approximate surface area is 128 Å². The third-order valence-electron chi connectivity index (χ3n) is 3.41. The molecule has 0 aliphatic heterocycles. The van der Waals surface area contributed by atoms with Crippen LogP contribution in [0.5, 0.6) is 0 Å². The summed E-state index contributed by atoms with van der Waals surface area (Å²) < 4.78 is 4.72. The molecule has 0 bridgehead atoms. The molecule has 2 aromatic rings. The fourth-order valence-electron chi connectivity index (χ4n) is 2.21. The monoisotopic (exact) mass is 299 g/mol. The number of hydrogen-bond acceptors (Lipinski definition) is 4. The Morgan fingerprint density at radius 1 is 1.00 bits per heavy atom. The Kier molecular flexibility index (Phi) is 5.25. The highest BCUT2D eigenvalue weighted by Crippen LogP contribution is 2.18. The van der Waals surface area contributed by atoms with Crippen LogP contribution in [0.25, 0.3) is 0 Å².